The molecule has 5 aromatic rings. The minimum atomic E-state index is -4.09. The first-order valence-corrected chi connectivity index (χ1v) is 21.6. The normalized spacial score (nSPS) is 15.4. The Bertz CT molecular complexity index is 2410. The van der Waals surface area contributed by atoms with Gasteiger partial charge in [0, 0.05) is 28.8 Å². The molecule has 0 radical (unpaired) electrons. The molecule has 1 aromatic heterocycles. The molecule has 2 N–H and O–H groups in total. The van der Waals surface area contributed by atoms with Crippen molar-refractivity contribution in [3.8, 4) is 0 Å². The number of aromatic nitrogens is 1. The summed E-state index contributed by atoms with van der Waals surface area (Å²) in [6.07, 6.45) is 6.51. The molecular weight excluding hydrogens is 709 g/mol. The Morgan fingerprint density at radius 1 is 0.820 bits per heavy atom. The molecule has 0 saturated heterocycles. The van der Waals surface area contributed by atoms with Crippen LogP contribution in [0.3, 0.4) is 0 Å². The van der Waals surface area contributed by atoms with E-state index >= 15 is 0 Å². The molecule has 1 aliphatic heterocycles. The van der Waals surface area contributed by atoms with Gasteiger partial charge in [0.2, 0.25) is 5.52 Å². The number of anilines is 1. The molecular formula is C38H41N2O6S4+. The lowest BCUT2D eigenvalue weighted by molar-refractivity contribution is -0.668. The second kappa shape index (κ2) is 15.0. The van der Waals surface area contributed by atoms with Crippen LogP contribution in [0.2, 0.25) is 0 Å². The van der Waals surface area contributed by atoms with Gasteiger partial charge in [-0.15, -0.1) is 0 Å². The number of aryl methyl sites for hydroxylation is 1. The third kappa shape index (κ3) is 8.01. The van der Waals surface area contributed by atoms with Gasteiger partial charge in [-0.1, -0.05) is 91.5 Å². The van der Waals surface area contributed by atoms with Crippen LogP contribution in [0, 0.1) is 0 Å². The lowest BCUT2D eigenvalue weighted by Crippen LogP contribution is -2.37. The molecule has 0 unspecified atom stereocenters. The van der Waals surface area contributed by atoms with Crippen molar-refractivity contribution in [2.45, 2.75) is 57.9 Å². The lowest BCUT2D eigenvalue weighted by Gasteiger charge is -2.22. The van der Waals surface area contributed by atoms with Crippen molar-refractivity contribution in [2.24, 2.45) is 0 Å². The van der Waals surface area contributed by atoms with Gasteiger partial charge < -0.3 is 4.90 Å². The second-order valence-corrected chi connectivity index (χ2v) is 17.7. The number of thioether (sulfide) groups is 1. The van der Waals surface area contributed by atoms with Crippen LogP contribution < -0.4 is 9.47 Å². The number of nitrogens with zero attached hydrogens (tertiary/aromatic N) is 2. The monoisotopic (exact) mass is 749 g/mol. The maximum Gasteiger partial charge on any atom is 0.265 e. The Kier molecular flexibility index (Phi) is 10.9. The second-order valence-electron chi connectivity index (χ2n) is 12.4. The van der Waals surface area contributed by atoms with Gasteiger partial charge in [0.15, 0.2) is 6.54 Å². The van der Waals surface area contributed by atoms with Crippen molar-refractivity contribution in [1.29, 1.82) is 0 Å². The third-order valence-electron chi connectivity index (χ3n) is 9.00. The maximum atomic E-state index is 11.7. The van der Waals surface area contributed by atoms with Crippen molar-refractivity contribution in [2.75, 3.05) is 23.0 Å². The summed E-state index contributed by atoms with van der Waals surface area (Å²) >= 11 is 3.36. The Labute approximate surface area is 302 Å². The van der Waals surface area contributed by atoms with Crippen LogP contribution in [-0.4, -0.2) is 44.0 Å². The highest BCUT2D eigenvalue weighted by Gasteiger charge is 2.29. The van der Waals surface area contributed by atoms with E-state index in [0.717, 1.165) is 81.9 Å². The van der Waals surface area contributed by atoms with E-state index in [0.29, 0.717) is 13.1 Å². The summed E-state index contributed by atoms with van der Waals surface area (Å²) in [5.74, 6) is -0.621. The fraction of sp³-hybridized carbons (Fsp3) is 0.289. The van der Waals surface area contributed by atoms with Crippen LogP contribution >= 0.6 is 23.1 Å². The molecule has 0 bridgehead atoms. The quantitative estimate of drug-likeness (QED) is 0.0697. The predicted octanol–water partition coefficient (Wildman–Crippen LogP) is 9.02. The molecule has 8 nitrogen and oxygen atoms in total. The van der Waals surface area contributed by atoms with E-state index < -0.39 is 20.2 Å². The van der Waals surface area contributed by atoms with Crippen molar-refractivity contribution < 1.29 is 30.5 Å². The number of hydrogen-bond donors (Lipinski definition) is 2. The molecule has 1 aliphatic rings. The van der Waals surface area contributed by atoms with Crippen LogP contribution in [0.5, 0.6) is 0 Å². The highest BCUT2D eigenvalue weighted by molar-refractivity contribution is 8.03. The first-order valence-electron chi connectivity index (χ1n) is 16.7. The van der Waals surface area contributed by atoms with Crippen molar-refractivity contribution >= 4 is 86.4 Å². The number of fused-ring (bicyclic) bond motifs is 6. The molecule has 4 aromatic carbocycles. The molecule has 0 spiro atoms. The molecule has 12 heteroatoms. The zero-order chi connectivity index (χ0) is 35.6. The van der Waals surface area contributed by atoms with E-state index in [4.69, 9.17) is 0 Å². The summed E-state index contributed by atoms with van der Waals surface area (Å²) in [5.41, 5.74) is 5.48. The zero-order valence-corrected chi connectivity index (χ0v) is 31.6. The summed E-state index contributed by atoms with van der Waals surface area (Å²) in [4.78, 5) is 3.28. The molecule has 0 aliphatic carbocycles. The lowest BCUT2D eigenvalue weighted by atomic mass is 10.0. The molecule has 262 valence electrons. The summed E-state index contributed by atoms with van der Waals surface area (Å²) in [5, 5.41) is 6.46. The number of thiazole rings is 1. The van der Waals surface area contributed by atoms with Gasteiger partial charge in [-0.3, -0.25) is 9.11 Å². The number of benzene rings is 4. The maximum absolute atomic E-state index is 11.7. The Balaban J connectivity index is 1.43. The standard InChI is InChI=1S/C38H40N2O6S4/c1-4-27(25-35-39(20-10-22-49(41,42)43)36-31-14-8-6-12-29(31)16-18-33(36)47-35)26(3)24-28(5-2)38-40(21-11-23-50(44,45)46)37-32-15-9-7-13-30(32)17-19-34(37)48-38/h6-9,12-19,24-25H,4-5,10-11,20-23H2,1-3H3,(H-,41,42,43,44,45,46)/p+1. The molecule has 0 saturated carbocycles. The minimum absolute atomic E-state index is 0.279. The summed E-state index contributed by atoms with van der Waals surface area (Å²) < 4.78 is 68.8. The van der Waals surface area contributed by atoms with Crippen LogP contribution in [0.1, 0.15) is 51.5 Å². The fourth-order valence-corrected chi connectivity index (χ4v) is 10.1. The highest BCUT2D eigenvalue weighted by Crippen LogP contribution is 2.50. The van der Waals surface area contributed by atoms with Crippen molar-refractivity contribution in [3.63, 3.8) is 0 Å². The van der Waals surface area contributed by atoms with Crippen molar-refractivity contribution in [3.05, 3.63) is 106 Å². The molecule has 2 heterocycles. The van der Waals surface area contributed by atoms with E-state index in [9.17, 15) is 25.9 Å². The topological polar surface area (TPSA) is 116 Å². The molecule has 0 atom stereocenters. The van der Waals surface area contributed by atoms with Gasteiger partial charge in [-0.25, -0.2) is 0 Å². The van der Waals surface area contributed by atoms with Crippen LogP contribution in [-0.2, 0) is 26.8 Å². The summed E-state index contributed by atoms with van der Waals surface area (Å²) in [7, 11) is -8.18. The number of rotatable bonds is 13. The number of hydrogen-bond acceptors (Lipinski definition) is 7. The Morgan fingerprint density at radius 2 is 1.46 bits per heavy atom. The zero-order valence-electron chi connectivity index (χ0n) is 28.3. The predicted molar refractivity (Wildman–Crippen MR) is 208 cm³/mol. The first-order chi connectivity index (χ1) is 23.9. The average molecular weight is 750 g/mol. The van der Waals surface area contributed by atoms with Gasteiger partial charge in [0.05, 0.1) is 27.6 Å². The van der Waals surface area contributed by atoms with E-state index in [-0.39, 0.29) is 24.3 Å². The number of allylic oxidation sites excluding steroid dienone is 5. The van der Waals surface area contributed by atoms with E-state index in [2.05, 4.69) is 90.9 Å². The largest absolute Gasteiger partial charge is 0.334 e. The van der Waals surface area contributed by atoms with E-state index in [1.807, 2.05) is 24.3 Å². The first kappa shape index (κ1) is 36.3. The van der Waals surface area contributed by atoms with E-state index in [1.165, 1.54) is 0 Å². The average Bonchev–Trinajstić information content (AvgIpc) is 3.63. The SMILES string of the molecule is CCC(=CC(C)=C(C=C1Sc2ccc3ccccc3c2N1CCCS(=O)(=O)O)CC)c1sc2ccc3ccccc3c2[n+]1CCCS(=O)(=O)O. The van der Waals surface area contributed by atoms with Gasteiger partial charge in [-0.2, -0.15) is 21.4 Å². The van der Waals surface area contributed by atoms with Crippen LogP contribution in [0.25, 0.3) is 37.3 Å². The fourth-order valence-electron chi connectivity index (χ4n) is 6.64. The van der Waals surface area contributed by atoms with Crippen molar-refractivity contribution in [1.82, 2.24) is 0 Å². The summed E-state index contributed by atoms with van der Waals surface area (Å²) in [6.45, 7) is 7.24. The van der Waals surface area contributed by atoms with E-state index in [1.54, 1.807) is 23.1 Å². The molecule has 6 rings (SSSR count). The molecule has 0 fully saturated rings. The highest BCUT2D eigenvalue weighted by atomic mass is 32.2. The van der Waals surface area contributed by atoms with Crippen LogP contribution in [0.4, 0.5) is 5.69 Å². The Hall–Kier alpha value is -3.52. The van der Waals surface area contributed by atoms with Gasteiger partial charge in [0.25, 0.3) is 25.2 Å². The molecule has 50 heavy (non-hydrogen) atoms. The van der Waals surface area contributed by atoms with Crippen LogP contribution in [0.15, 0.2) is 106 Å². The Morgan fingerprint density at radius 3 is 2.14 bits per heavy atom. The van der Waals surface area contributed by atoms with Gasteiger partial charge in [-0.05, 0) is 78.5 Å². The molecule has 0 amide bonds. The smallest absolute Gasteiger partial charge is 0.265 e. The third-order valence-corrected chi connectivity index (χ3v) is 12.9. The minimum Gasteiger partial charge on any atom is -0.334 e. The summed E-state index contributed by atoms with van der Waals surface area (Å²) in [6, 6.07) is 24.8. The van der Waals surface area contributed by atoms with Gasteiger partial charge >= 0.3 is 0 Å². The van der Waals surface area contributed by atoms with Gasteiger partial charge in [0.1, 0.15) is 4.70 Å².